The predicted octanol–water partition coefficient (Wildman–Crippen LogP) is 1.60. The number of oxime groups is 1. The van der Waals surface area contributed by atoms with E-state index in [1.807, 2.05) is 0 Å². The fourth-order valence-corrected chi connectivity index (χ4v) is 1.20. The van der Waals surface area contributed by atoms with Crippen molar-refractivity contribution >= 4 is 29.2 Å². The number of halogens is 1. The average Bonchev–Trinajstić information content (AvgIpc) is 2.18. The molecule has 5 heteroatoms. The van der Waals surface area contributed by atoms with Gasteiger partial charge in [-0.3, -0.25) is 0 Å². The van der Waals surface area contributed by atoms with Crippen LogP contribution in [-0.2, 0) is 0 Å². The van der Waals surface area contributed by atoms with E-state index in [2.05, 4.69) is 10.1 Å². The molecular formula is C4H3ClN2OS. The molecule has 9 heavy (non-hydrogen) atoms. The first kappa shape index (κ1) is 6.51. The van der Waals surface area contributed by atoms with E-state index in [9.17, 15) is 0 Å². The highest BCUT2D eigenvalue weighted by molar-refractivity contribution is 7.12. The molecule has 48 valence electrons. The molecule has 1 heterocycles. The highest BCUT2D eigenvalue weighted by atomic mass is 35.5. The summed E-state index contributed by atoms with van der Waals surface area (Å²) in [7, 11) is 0. The monoisotopic (exact) mass is 162 g/mol. The first-order chi connectivity index (χ1) is 4.34. The van der Waals surface area contributed by atoms with Crippen molar-refractivity contribution in [1.82, 2.24) is 4.98 Å². The quantitative estimate of drug-likeness (QED) is 0.387. The Balaban J connectivity index is 2.94. The normalized spacial score (nSPS) is 10.8. The van der Waals surface area contributed by atoms with Gasteiger partial charge in [0.1, 0.15) is 5.15 Å². The highest BCUT2D eigenvalue weighted by Crippen LogP contribution is 2.15. The van der Waals surface area contributed by atoms with Crippen molar-refractivity contribution < 1.29 is 5.21 Å². The van der Waals surface area contributed by atoms with E-state index in [-0.39, 0.29) is 0 Å². The SMILES string of the molecule is O/N=C/c1scnc1Cl. The Hall–Kier alpha value is -0.610. The van der Waals surface area contributed by atoms with Crippen LogP contribution < -0.4 is 0 Å². The Morgan fingerprint density at radius 3 is 3.11 bits per heavy atom. The summed E-state index contributed by atoms with van der Waals surface area (Å²) >= 11 is 6.84. The fraction of sp³-hybridized carbons (Fsp3) is 0. The zero-order valence-electron chi connectivity index (χ0n) is 4.28. The van der Waals surface area contributed by atoms with Gasteiger partial charge in [0, 0.05) is 0 Å². The van der Waals surface area contributed by atoms with E-state index >= 15 is 0 Å². The van der Waals surface area contributed by atoms with Gasteiger partial charge in [-0.05, 0) is 0 Å². The van der Waals surface area contributed by atoms with Crippen LogP contribution in [0.4, 0.5) is 0 Å². The number of nitrogens with zero attached hydrogens (tertiary/aromatic N) is 2. The molecule has 0 amide bonds. The van der Waals surface area contributed by atoms with Crippen LogP contribution in [0.25, 0.3) is 0 Å². The lowest BCUT2D eigenvalue weighted by Gasteiger charge is -1.78. The number of thiazole rings is 1. The van der Waals surface area contributed by atoms with Gasteiger partial charge >= 0.3 is 0 Å². The molecular weight excluding hydrogens is 160 g/mol. The Kier molecular flexibility index (Phi) is 2.02. The third kappa shape index (κ3) is 1.40. The van der Waals surface area contributed by atoms with Gasteiger partial charge in [-0.2, -0.15) is 0 Å². The van der Waals surface area contributed by atoms with Crippen LogP contribution >= 0.6 is 22.9 Å². The molecule has 0 atom stereocenters. The van der Waals surface area contributed by atoms with Crippen LogP contribution in [0.2, 0.25) is 5.15 Å². The van der Waals surface area contributed by atoms with Crippen LogP contribution in [0.5, 0.6) is 0 Å². The molecule has 0 aliphatic carbocycles. The Morgan fingerprint density at radius 2 is 2.67 bits per heavy atom. The summed E-state index contributed by atoms with van der Waals surface area (Å²) in [5.41, 5.74) is 1.58. The van der Waals surface area contributed by atoms with Crippen molar-refractivity contribution in [3.05, 3.63) is 15.5 Å². The van der Waals surface area contributed by atoms with Crippen molar-refractivity contribution in [1.29, 1.82) is 0 Å². The summed E-state index contributed by atoms with van der Waals surface area (Å²) in [6, 6.07) is 0. The zero-order chi connectivity index (χ0) is 6.69. The lowest BCUT2D eigenvalue weighted by Crippen LogP contribution is -1.73. The Bertz CT molecular complexity index is 222. The lowest BCUT2D eigenvalue weighted by atomic mass is 10.6. The van der Waals surface area contributed by atoms with Gasteiger partial charge in [0.05, 0.1) is 16.6 Å². The molecule has 0 unspecified atom stereocenters. The van der Waals surface area contributed by atoms with Gasteiger partial charge in [0.25, 0.3) is 0 Å². The maximum atomic E-state index is 8.05. The molecule has 0 aromatic carbocycles. The fourth-order valence-electron chi connectivity index (χ4n) is 0.378. The molecule has 1 aromatic heterocycles. The van der Waals surface area contributed by atoms with Crippen LogP contribution in [0, 0.1) is 0 Å². The molecule has 1 aromatic rings. The van der Waals surface area contributed by atoms with Crippen molar-refractivity contribution in [2.24, 2.45) is 5.16 Å². The van der Waals surface area contributed by atoms with E-state index < -0.39 is 0 Å². The van der Waals surface area contributed by atoms with E-state index in [0.29, 0.717) is 10.0 Å². The summed E-state index contributed by atoms with van der Waals surface area (Å²) < 4.78 is 0. The first-order valence-corrected chi connectivity index (χ1v) is 3.37. The summed E-state index contributed by atoms with van der Waals surface area (Å²) in [6.45, 7) is 0. The third-order valence-electron chi connectivity index (χ3n) is 0.724. The molecule has 0 aliphatic heterocycles. The maximum absolute atomic E-state index is 8.05. The second-order valence-electron chi connectivity index (χ2n) is 1.25. The van der Waals surface area contributed by atoms with Gasteiger partial charge in [-0.25, -0.2) is 4.98 Å². The van der Waals surface area contributed by atoms with Crippen molar-refractivity contribution in [2.75, 3.05) is 0 Å². The second-order valence-corrected chi connectivity index (χ2v) is 2.50. The van der Waals surface area contributed by atoms with Crippen LogP contribution in [0.1, 0.15) is 4.88 Å². The van der Waals surface area contributed by atoms with Crippen LogP contribution in [0.15, 0.2) is 10.7 Å². The van der Waals surface area contributed by atoms with E-state index in [0.717, 1.165) is 0 Å². The summed E-state index contributed by atoms with van der Waals surface area (Å²) in [5.74, 6) is 0. The van der Waals surface area contributed by atoms with E-state index in [4.69, 9.17) is 16.8 Å². The maximum Gasteiger partial charge on any atom is 0.148 e. The topological polar surface area (TPSA) is 45.5 Å². The minimum Gasteiger partial charge on any atom is -0.411 e. The van der Waals surface area contributed by atoms with E-state index in [1.165, 1.54) is 17.6 Å². The minimum atomic E-state index is 0.373. The second kappa shape index (κ2) is 2.80. The van der Waals surface area contributed by atoms with Gasteiger partial charge in [-0.1, -0.05) is 16.8 Å². The molecule has 0 radical (unpaired) electrons. The lowest BCUT2D eigenvalue weighted by molar-refractivity contribution is 0.322. The van der Waals surface area contributed by atoms with Crippen molar-refractivity contribution in [3.63, 3.8) is 0 Å². The summed E-state index contributed by atoms with van der Waals surface area (Å²) in [4.78, 5) is 4.38. The Morgan fingerprint density at radius 1 is 1.89 bits per heavy atom. The van der Waals surface area contributed by atoms with Gasteiger partial charge in [0.2, 0.25) is 0 Å². The number of hydrogen-bond donors (Lipinski definition) is 1. The van der Waals surface area contributed by atoms with Gasteiger partial charge in [0.15, 0.2) is 0 Å². The number of aromatic nitrogens is 1. The van der Waals surface area contributed by atoms with Gasteiger partial charge < -0.3 is 5.21 Å². The molecule has 1 N–H and O–H groups in total. The number of rotatable bonds is 1. The largest absolute Gasteiger partial charge is 0.411 e. The number of hydrogen-bond acceptors (Lipinski definition) is 4. The predicted molar refractivity (Wildman–Crippen MR) is 36.5 cm³/mol. The molecule has 0 aliphatic rings. The summed E-state index contributed by atoms with van der Waals surface area (Å²) in [6.07, 6.45) is 1.25. The van der Waals surface area contributed by atoms with Crippen LogP contribution in [0.3, 0.4) is 0 Å². The molecule has 1 rings (SSSR count). The Labute approximate surface area is 60.6 Å². The molecule has 0 fully saturated rings. The standard InChI is InChI=1S/C4H3ClN2OS/c5-4-3(1-7-8)9-2-6-4/h1-2,8H/b7-1+. The van der Waals surface area contributed by atoms with E-state index in [1.54, 1.807) is 5.51 Å². The molecule has 0 saturated heterocycles. The molecule has 0 spiro atoms. The average molecular weight is 163 g/mol. The summed E-state index contributed by atoms with van der Waals surface area (Å²) in [5, 5.41) is 11.2. The molecule has 0 bridgehead atoms. The van der Waals surface area contributed by atoms with Crippen molar-refractivity contribution in [3.8, 4) is 0 Å². The zero-order valence-corrected chi connectivity index (χ0v) is 5.85. The third-order valence-corrected chi connectivity index (χ3v) is 1.90. The van der Waals surface area contributed by atoms with Crippen LogP contribution in [-0.4, -0.2) is 16.4 Å². The minimum absolute atomic E-state index is 0.373. The van der Waals surface area contributed by atoms with Crippen molar-refractivity contribution in [2.45, 2.75) is 0 Å². The smallest absolute Gasteiger partial charge is 0.148 e. The highest BCUT2D eigenvalue weighted by Gasteiger charge is 1.97. The molecule has 0 saturated carbocycles. The first-order valence-electron chi connectivity index (χ1n) is 2.11. The van der Waals surface area contributed by atoms with Gasteiger partial charge in [-0.15, -0.1) is 11.3 Å². The molecule has 3 nitrogen and oxygen atoms in total.